The molecule has 0 saturated carbocycles. The molecule has 3 heterocycles. The van der Waals surface area contributed by atoms with Crippen LogP contribution in [0.5, 0.6) is 11.5 Å². The first-order valence-corrected chi connectivity index (χ1v) is 9.51. The van der Waals surface area contributed by atoms with Gasteiger partial charge in [-0.05, 0) is 49.2 Å². The van der Waals surface area contributed by atoms with Gasteiger partial charge in [-0.3, -0.25) is 9.78 Å². The predicted molar refractivity (Wildman–Crippen MR) is 105 cm³/mol. The van der Waals surface area contributed by atoms with E-state index in [1.807, 2.05) is 17.0 Å². The Morgan fingerprint density at radius 3 is 2.48 bits per heavy atom. The average Bonchev–Trinajstić information content (AvgIpc) is 3.29. The summed E-state index contributed by atoms with van der Waals surface area (Å²) in [5.74, 6) is 2.74. The minimum Gasteiger partial charge on any atom is -0.497 e. The van der Waals surface area contributed by atoms with Gasteiger partial charge >= 0.3 is 0 Å². The number of carbonyl (C=O) groups is 1. The highest BCUT2D eigenvalue weighted by atomic mass is 16.5. The number of amides is 1. The van der Waals surface area contributed by atoms with E-state index in [0.29, 0.717) is 30.6 Å². The number of rotatable bonds is 6. The van der Waals surface area contributed by atoms with Crippen LogP contribution in [-0.2, 0) is 4.79 Å². The second kappa shape index (κ2) is 8.72. The number of methoxy groups -OCH3 is 1. The highest BCUT2D eigenvalue weighted by molar-refractivity contribution is 5.77. The van der Waals surface area contributed by atoms with E-state index in [2.05, 4.69) is 15.1 Å². The van der Waals surface area contributed by atoms with Crippen molar-refractivity contribution in [1.82, 2.24) is 20.0 Å². The normalized spacial score (nSPS) is 14.6. The second-order valence-corrected chi connectivity index (χ2v) is 6.81. The predicted octanol–water partition coefficient (Wildman–Crippen LogP) is 2.93. The summed E-state index contributed by atoms with van der Waals surface area (Å²) >= 11 is 0. The van der Waals surface area contributed by atoms with Gasteiger partial charge in [0.2, 0.25) is 0 Å². The third-order valence-electron chi connectivity index (χ3n) is 5.00. The Balaban J connectivity index is 1.27. The number of aromatic nitrogens is 3. The standard InChI is InChI=1S/C21H22N4O4/c1-27-17-2-4-18(5-3-17)28-14-19(26)25-12-8-15(9-13-25)20-23-21(29-24-20)16-6-10-22-11-7-16/h2-7,10-11,15H,8-9,12-14H2,1H3. The summed E-state index contributed by atoms with van der Waals surface area (Å²) in [5.41, 5.74) is 0.849. The summed E-state index contributed by atoms with van der Waals surface area (Å²) < 4.78 is 16.1. The van der Waals surface area contributed by atoms with Crippen LogP contribution in [-0.4, -0.2) is 52.7 Å². The zero-order valence-corrected chi connectivity index (χ0v) is 16.2. The largest absolute Gasteiger partial charge is 0.497 e. The summed E-state index contributed by atoms with van der Waals surface area (Å²) in [7, 11) is 1.61. The van der Waals surface area contributed by atoms with E-state index in [-0.39, 0.29) is 18.4 Å². The highest BCUT2D eigenvalue weighted by Gasteiger charge is 2.27. The number of hydrogen-bond donors (Lipinski definition) is 0. The smallest absolute Gasteiger partial charge is 0.260 e. The van der Waals surface area contributed by atoms with E-state index >= 15 is 0 Å². The lowest BCUT2D eigenvalue weighted by Crippen LogP contribution is -2.40. The maximum Gasteiger partial charge on any atom is 0.260 e. The molecule has 150 valence electrons. The molecule has 1 amide bonds. The first-order chi connectivity index (χ1) is 14.2. The van der Waals surface area contributed by atoms with Crippen molar-refractivity contribution in [2.75, 3.05) is 26.8 Å². The minimum absolute atomic E-state index is 0.0192. The van der Waals surface area contributed by atoms with Crippen LogP contribution in [0.3, 0.4) is 0 Å². The fourth-order valence-corrected chi connectivity index (χ4v) is 3.31. The number of piperidine rings is 1. The lowest BCUT2D eigenvalue weighted by molar-refractivity contribution is -0.134. The van der Waals surface area contributed by atoms with Crippen molar-refractivity contribution in [1.29, 1.82) is 0 Å². The topological polar surface area (TPSA) is 90.6 Å². The number of likely N-dealkylation sites (tertiary alicyclic amines) is 1. The Hall–Kier alpha value is -3.42. The highest BCUT2D eigenvalue weighted by Crippen LogP contribution is 2.28. The van der Waals surface area contributed by atoms with Gasteiger partial charge in [0, 0.05) is 37.0 Å². The van der Waals surface area contributed by atoms with E-state index in [1.165, 1.54) is 0 Å². The Bertz CT molecular complexity index is 935. The molecule has 0 atom stereocenters. The summed E-state index contributed by atoms with van der Waals surface area (Å²) in [6.07, 6.45) is 4.97. The zero-order valence-electron chi connectivity index (χ0n) is 16.2. The third kappa shape index (κ3) is 4.53. The summed E-state index contributed by atoms with van der Waals surface area (Å²) in [6.45, 7) is 1.31. The van der Waals surface area contributed by atoms with Crippen LogP contribution >= 0.6 is 0 Å². The fraction of sp³-hybridized carbons (Fsp3) is 0.333. The Morgan fingerprint density at radius 1 is 1.10 bits per heavy atom. The Labute approximate surface area is 168 Å². The maximum atomic E-state index is 12.4. The quantitative estimate of drug-likeness (QED) is 0.635. The van der Waals surface area contributed by atoms with E-state index < -0.39 is 0 Å². The van der Waals surface area contributed by atoms with Gasteiger partial charge in [-0.2, -0.15) is 4.98 Å². The van der Waals surface area contributed by atoms with Crippen LogP contribution in [0.1, 0.15) is 24.6 Å². The number of hydrogen-bond acceptors (Lipinski definition) is 7. The van der Waals surface area contributed by atoms with Crippen LogP contribution in [0.15, 0.2) is 53.3 Å². The molecule has 0 radical (unpaired) electrons. The van der Waals surface area contributed by atoms with Gasteiger partial charge in [0.05, 0.1) is 7.11 Å². The molecule has 4 rings (SSSR count). The number of carbonyl (C=O) groups excluding carboxylic acids is 1. The third-order valence-corrected chi connectivity index (χ3v) is 5.00. The molecule has 1 aliphatic rings. The number of pyridine rings is 1. The van der Waals surface area contributed by atoms with E-state index in [9.17, 15) is 4.79 Å². The second-order valence-electron chi connectivity index (χ2n) is 6.81. The summed E-state index contributed by atoms with van der Waals surface area (Å²) in [6, 6.07) is 10.8. The van der Waals surface area contributed by atoms with Crippen LogP contribution < -0.4 is 9.47 Å². The molecule has 1 aliphatic heterocycles. The number of nitrogens with zero attached hydrogens (tertiary/aromatic N) is 4. The summed E-state index contributed by atoms with van der Waals surface area (Å²) in [5, 5.41) is 4.13. The number of ether oxygens (including phenoxy) is 2. The molecule has 3 aromatic rings. The molecule has 8 nitrogen and oxygen atoms in total. The lowest BCUT2D eigenvalue weighted by atomic mass is 9.96. The van der Waals surface area contributed by atoms with Crippen molar-refractivity contribution in [3.8, 4) is 23.0 Å². The van der Waals surface area contributed by atoms with Crippen LogP contribution in [0.25, 0.3) is 11.5 Å². The van der Waals surface area contributed by atoms with Gasteiger partial charge in [-0.1, -0.05) is 5.16 Å². The van der Waals surface area contributed by atoms with Gasteiger partial charge in [0.15, 0.2) is 12.4 Å². The molecule has 0 N–H and O–H groups in total. The molecule has 1 fully saturated rings. The van der Waals surface area contributed by atoms with Crippen LogP contribution in [0, 0.1) is 0 Å². The molecule has 2 aromatic heterocycles. The Morgan fingerprint density at radius 2 is 1.79 bits per heavy atom. The van der Waals surface area contributed by atoms with Gasteiger partial charge in [0.1, 0.15) is 11.5 Å². The molecular weight excluding hydrogens is 372 g/mol. The first-order valence-electron chi connectivity index (χ1n) is 9.51. The van der Waals surface area contributed by atoms with Gasteiger partial charge in [0.25, 0.3) is 11.8 Å². The van der Waals surface area contributed by atoms with E-state index in [4.69, 9.17) is 14.0 Å². The van der Waals surface area contributed by atoms with Gasteiger partial charge in [-0.25, -0.2) is 0 Å². The van der Waals surface area contributed by atoms with Crippen molar-refractivity contribution >= 4 is 5.91 Å². The SMILES string of the molecule is COc1ccc(OCC(=O)N2CCC(c3noc(-c4ccncc4)n3)CC2)cc1. The summed E-state index contributed by atoms with van der Waals surface area (Å²) in [4.78, 5) is 22.8. The molecular formula is C21H22N4O4. The molecule has 29 heavy (non-hydrogen) atoms. The molecule has 0 unspecified atom stereocenters. The molecule has 1 saturated heterocycles. The fourth-order valence-electron chi connectivity index (χ4n) is 3.31. The van der Waals surface area contributed by atoms with Crippen molar-refractivity contribution in [2.24, 2.45) is 0 Å². The average molecular weight is 394 g/mol. The molecule has 0 aliphatic carbocycles. The van der Waals surface area contributed by atoms with Gasteiger partial charge < -0.3 is 18.9 Å². The maximum absolute atomic E-state index is 12.4. The van der Waals surface area contributed by atoms with E-state index in [0.717, 1.165) is 24.2 Å². The Kier molecular flexibility index (Phi) is 5.69. The van der Waals surface area contributed by atoms with Crippen molar-refractivity contribution < 1.29 is 18.8 Å². The lowest BCUT2D eigenvalue weighted by Gasteiger charge is -2.30. The monoisotopic (exact) mass is 394 g/mol. The minimum atomic E-state index is -0.0233. The van der Waals surface area contributed by atoms with Crippen molar-refractivity contribution in [3.05, 3.63) is 54.6 Å². The van der Waals surface area contributed by atoms with Crippen molar-refractivity contribution in [2.45, 2.75) is 18.8 Å². The van der Waals surface area contributed by atoms with Crippen LogP contribution in [0.4, 0.5) is 0 Å². The van der Waals surface area contributed by atoms with Crippen LogP contribution in [0.2, 0.25) is 0 Å². The molecule has 0 spiro atoms. The first kappa shape index (κ1) is 18.9. The van der Waals surface area contributed by atoms with Crippen molar-refractivity contribution in [3.63, 3.8) is 0 Å². The molecule has 0 bridgehead atoms. The van der Waals surface area contributed by atoms with Gasteiger partial charge in [-0.15, -0.1) is 0 Å². The number of benzene rings is 1. The zero-order chi connectivity index (χ0) is 20.1. The molecule has 8 heteroatoms. The van der Waals surface area contributed by atoms with E-state index in [1.54, 1.807) is 43.8 Å². The molecule has 1 aromatic carbocycles.